The van der Waals surface area contributed by atoms with E-state index in [9.17, 15) is 9.59 Å². The summed E-state index contributed by atoms with van der Waals surface area (Å²) in [6.45, 7) is 10.9. The molecule has 32 heavy (non-hydrogen) atoms. The van der Waals surface area contributed by atoms with Crippen LogP contribution in [0.15, 0.2) is 48.5 Å². The van der Waals surface area contributed by atoms with Gasteiger partial charge in [0.15, 0.2) is 0 Å². The number of hydrogen-bond acceptors (Lipinski definition) is 3. The van der Waals surface area contributed by atoms with E-state index >= 15 is 0 Å². The van der Waals surface area contributed by atoms with Crippen LogP contribution in [0.2, 0.25) is 0 Å². The van der Waals surface area contributed by atoms with Crippen molar-refractivity contribution in [3.63, 3.8) is 0 Å². The molecule has 0 aliphatic rings. The molecule has 2 unspecified atom stereocenters. The highest BCUT2D eigenvalue weighted by atomic mass is 16.5. The molecule has 5 nitrogen and oxygen atoms in total. The van der Waals surface area contributed by atoms with Gasteiger partial charge in [0.05, 0.1) is 6.61 Å². The molecule has 0 heterocycles. The molecule has 0 saturated heterocycles. The van der Waals surface area contributed by atoms with Crippen molar-refractivity contribution in [2.24, 2.45) is 0 Å². The van der Waals surface area contributed by atoms with E-state index in [2.05, 4.69) is 11.4 Å². The first-order valence-electron chi connectivity index (χ1n) is 11.7. The zero-order valence-electron chi connectivity index (χ0n) is 20.2. The van der Waals surface area contributed by atoms with Gasteiger partial charge in [-0.25, -0.2) is 0 Å². The number of benzene rings is 2. The Hall–Kier alpha value is -2.82. The first-order valence-corrected chi connectivity index (χ1v) is 11.7. The lowest BCUT2D eigenvalue weighted by molar-refractivity contribution is -0.141. The van der Waals surface area contributed by atoms with Gasteiger partial charge in [-0.05, 0) is 57.7 Å². The summed E-state index contributed by atoms with van der Waals surface area (Å²) in [7, 11) is 0. The Bertz CT molecular complexity index is 863. The number of hydrogen-bond donors (Lipinski definition) is 1. The Labute approximate surface area is 193 Å². The fourth-order valence-electron chi connectivity index (χ4n) is 3.56. The summed E-state index contributed by atoms with van der Waals surface area (Å²) in [5.74, 6) is 0.697. The van der Waals surface area contributed by atoms with E-state index in [1.54, 1.807) is 4.90 Å². The fraction of sp³-hybridized carbons (Fsp3) is 0.481. The smallest absolute Gasteiger partial charge is 0.243 e. The minimum atomic E-state index is -0.491. The molecule has 0 radical (unpaired) electrons. The molecular formula is C27H38N2O3. The average Bonchev–Trinajstić information content (AvgIpc) is 2.77. The molecule has 0 bridgehead atoms. The Morgan fingerprint density at radius 3 is 2.34 bits per heavy atom. The Morgan fingerprint density at radius 1 is 1.00 bits per heavy atom. The van der Waals surface area contributed by atoms with Crippen molar-refractivity contribution in [2.45, 2.75) is 78.9 Å². The molecule has 5 heteroatoms. The minimum Gasteiger partial charge on any atom is -0.494 e. The van der Waals surface area contributed by atoms with Gasteiger partial charge in [0.25, 0.3) is 0 Å². The predicted octanol–water partition coefficient (Wildman–Crippen LogP) is 5.18. The Morgan fingerprint density at radius 2 is 1.72 bits per heavy atom. The third-order valence-electron chi connectivity index (χ3n) is 5.65. The largest absolute Gasteiger partial charge is 0.494 e. The van der Waals surface area contributed by atoms with Gasteiger partial charge < -0.3 is 15.0 Å². The second-order valence-electron chi connectivity index (χ2n) is 8.52. The highest BCUT2D eigenvalue weighted by Crippen LogP contribution is 2.17. The van der Waals surface area contributed by atoms with E-state index in [4.69, 9.17) is 4.74 Å². The van der Waals surface area contributed by atoms with Crippen LogP contribution in [0.4, 0.5) is 0 Å². The lowest BCUT2D eigenvalue weighted by Crippen LogP contribution is -2.50. The number of rotatable bonds is 12. The maximum absolute atomic E-state index is 13.2. The van der Waals surface area contributed by atoms with Crippen molar-refractivity contribution in [1.29, 1.82) is 0 Å². The summed E-state index contributed by atoms with van der Waals surface area (Å²) in [5.41, 5.74) is 3.35. The molecule has 174 valence electrons. The molecule has 2 rings (SSSR count). The molecule has 0 fully saturated rings. The Kier molecular flexibility index (Phi) is 10.3. The van der Waals surface area contributed by atoms with Crippen LogP contribution < -0.4 is 10.1 Å². The molecule has 1 N–H and O–H groups in total. The average molecular weight is 439 g/mol. The second kappa shape index (κ2) is 12.9. The minimum absolute atomic E-state index is 0.0230. The zero-order chi connectivity index (χ0) is 23.5. The molecule has 0 aliphatic carbocycles. The molecule has 2 aromatic carbocycles. The summed E-state index contributed by atoms with van der Waals surface area (Å²) in [6, 6.07) is 15.6. The van der Waals surface area contributed by atoms with Gasteiger partial charge in [-0.15, -0.1) is 0 Å². The SMILES string of the molecule is CCC(C)NC(=O)C(CC)N(Cc1cccc(C)c1)C(=O)CCCOc1ccc(C)cc1. The van der Waals surface area contributed by atoms with E-state index in [1.165, 1.54) is 5.56 Å². The first-order chi connectivity index (χ1) is 15.3. The third-order valence-corrected chi connectivity index (χ3v) is 5.65. The van der Waals surface area contributed by atoms with Crippen LogP contribution in [0, 0.1) is 13.8 Å². The molecule has 2 amide bonds. The molecule has 0 aliphatic heterocycles. The van der Waals surface area contributed by atoms with Crippen molar-refractivity contribution < 1.29 is 14.3 Å². The van der Waals surface area contributed by atoms with Crippen LogP contribution in [0.25, 0.3) is 0 Å². The highest BCUT2D eigenvalue weighted by Gasteiger charge is 2.28. The van der Waals surface area contributed by atoms with Gasteiger partial charge in [-0.1, -0.05) is 61.4 Å². The summed E-state index contributed by atoms with van der Waals surface area (Å²) >= 11 is 0. The first kappa shape index (κ1) is 25.4. The third kappa shape index (κ3) is 8.03. The number of amides is 2. The zero-order valence-corrected chi connectivity index (χ0v) is 20.2. The topological polar surface area (TPSA) is 58.6 Å². The van der Waals surface area contributed by atoms with Gasteiger partial charge in [-0.3, -0.25) is 9.59 Å². The monoisotopic (exact) mass is 438 g/mol. The van der Waals surface area contributed by atoms with Crippen LogP contribution in [0.1, 0.15) is 63.1 Å². The molecular weight excluding hydrogens is 400 g/mol. The number of carbonyl (C=O) groups excluding carboxylic acids is 2. The van der Waals surface area contributed by atoms with Crippen molar-refractivity contribution in [1.82, 2.24) is 10.2 Å². The molecule has 0 aromatic heterocycles. The van der Waals surface area contributed by atoms with Crippen molar-refractivity contribution in [3.8, 4) is 5.75 Å². The van der Waals surface area contributed by atoms with E-state index in [1.807, 2.05) is 77.1 Å². The normalized spacial score (nSPS) is 12.7. The van der Waals surface area contributed by atoms with E-state index < -0.39 is 6.04 Å². The summed E-state index contributed by atoms with van der Waals surface area (Å²) in [6.07, 6.45) is 2.36. The van der Waals surface area contributed by atoms with Crippen molar-refractivity contribution >= 4 is 11.8 Å². The second-order valence-corrected chi connectivity index (χ2v) is 8.52. The van der Waals surface area contributed by atoms with Crippen LogP contribution >= 0.6 is 0 Å². The van der Waals surface area contributed by atoms with Gasteiger partial charge in [0, 0.05) is 19.0 Å². The van der Waals surface area contributed by atoms with Crippen LogP contribution in [-0.2, 0) is 16.1 Å². The van der Waals surface area contributed by atoms with Gasteiger partial charge in [0.1, 0.15) is 11.8 Å². The maximum Gasteiger partial charge on any atom is 0.243 e. The fourth-order valence-corrected chi connectivity index (χ4v) is 3.56. The highest BCUT2D eigenvalue weighted by molar-refractivity contribution is 5.87. The molecule has 0 saturated carbocycles. The van der Waals surface area contributed by atoms with Gasteiger partial charge in [0.2, 0.25) is 11.8 Å². The Balaban J connectivity index is 2.06. The molecule has 0 spiro atoms. The van der Waals surface area contributed by atoms with Gasteiger partial charge in [-0.2, -0.15) is 0 Å². The number of carbonyl (C=O) groups is 2. The summed E-state index contributed by atoms with van der Waals surface area (Å²) < 4.78 is 5.78. The number of nitrogens with one attached hydrogen (secondary N) is 1. The predicted molar refractivity (Wildman–Crippen MR) is 130 cm³/mol. The van der Waals surface area contributed by atoms with Crippen LogP contribution in [0.3, 0.4) is 0 Å². The number of nitrogens with zero attached hydrogens (tertiary/aromatic N) is 1. The molecule has 2 atom stereocenters. The van der Waals surface area contributed by atoms with E-state index in [-0.39, 0.29) is 17.9 Å². The van der Waals surface area contributed by atoms with Crippen molar-refractivity contribution in [2.75, 3.05) is 6.61 Å². The van der Waals surface area contributed by atoms with Crippen LogP contribution in [0.5, 0.6) is 5.75 Å². The standard InChI is InChI=1S/C27H38N2O3/c1-6-22(5)28-27(31)25(7-2)29(19-23-11-8-10-21(4)18-23)26(30)12-9-17-32-24-15-13-20(3)14-16-24/h8,10-11,13-16,18,22,25H,6-7,9,12,17,19H2,1-5H3,(H,28,31). The number of aryl methyl sites for hydroxylation is 2. The van der Waals surface area contributed by atoms with E-state index in [0.29, 0.717) is 32.4 Å². The lowest BCUT2D eigenvalue weighted by atomic mass is 10.1. The van der Waals surface area contributed by atoms with Gasteiger partial charge >= 0.3 is 0 Å². The molecule has 2 aromatic rings. The maximum atomic E-state index is 13.2. The summed E-state index contributed by atoms with van der Waals surface area (Å²) in [5, 5.41) is 3.05. The van der Waals surface area contributed by atoms with Crippen molar-refractivity contribution in [3.05, 3.63) is 65.2 Å². The summed E-state index contributed by atoms with van der Waals surface area (Å²) in [4.78, 5) is 27.9. The van der Waals surface area contributed by atoms with E-state index in [0.717, 1.165) is 23.3 Å². The lowest BCUT2D eigenvalue weighted by Gasteiger charge is -2.31. The number of ether oxygens (including phenoxy) is 1. The quantitative estimate of drug-likeness (QED) is 0.464. The van der Waals surface area contributed by atoms with Crippen LogP contribution in [-0.4, -0.2) is 35.4 Å².